The number of aliphatic hydroxyl groups is 1. The number of hydrogen-bond acceptors (Lipinski definition) is 3. The first-order valence-electron chi connectivity index (χ1n) is 7.04. The van der Waals surface area contributed by atoms with Crippen LogP contribution in [0.3, 0.4) is 0 Å². The lowest BCUT2D eigenvalue weighted by Gasteiger charge is -2.17. The molecule has 20 heavy (non-hydrogen) atoms. The molecule has 0 saturated heterocycles. The van der Waals surface area contributed by atoms with Crippen LogP contribution in [-0.4, -0.2) is 24.6 Å². The van der Waals surface area contributed by atoms with Crippen LogP contribution >= 0.6 is 0 Å². The molecule has 1 aliphatic carbocycles. The first-order chi connectivity index (χ1) is 9.23. The fourth-order valence-electron chi connectivity index (χ4n) is 2.11. The normalized spacial score (nSPS) is 16.6. The van der Waals surface area contributed by atoms with Crippen molar-refractivity contribution in [3.63, 3.8) is 0 Å². The van der Waals surface area contributed by atoms with Gasteiger partial charge >= 0.3 is 0 Å². The van der Waals surface area contributed by atoms with E-state index in [0.29, 0.717) is 18.3 Å². The third kappa shape index (κ3) is 3.84. The smallest absolute Gasteiger partial charge is 0.242 e. The Bertz CT molecular complexity index is 566. The van der Waals surface area contributed by atoms with Gasteiger partial charge in [0.15, 0.2) is 0 Å². The van der Waals surface area contributed by atoms with Crippen LogP contribution in [0, 0.1) is 5.41 Å². The van der Waals surface area contributed by atoms with Gasteiger partial charge in [-0.25, -0.2) is 13.1 Å². The maximum Gasteiger partial charge on any atom is 0.242 e. The minimum atomic E-state index is -3.48. The second kappa shape index (κ2) is 5.50. The summed E-state index contributed by atoms with van der Waals surface area (Å²) in [6, 6.07) is 1.92. The molecule has 1 saturated carbocycles. The molecule has 0 aliphatic heterocycles. The van der Waals surface area contributed by atoms with E-state index in [-0.39, 0.29) is 16.9 Å². The average molecular weight is 300 g/mol. The zero-order valence-electron chi connectivity index (χ0n) is 12.4. The van der Waals surface area contributed by atoms with Crippen LogP contribution in [0.4, 0.5) is 0 Å². The molecule has 0 unspecified atom stereocenters. The average Bonchev–Trinajstić information content (AvgIpc) is 3.06. The maximum atomic E-state index is 12.2. The van der Waals surface area contributed by atoms with Crippen LogP contribution in [0.25, 0.3) is 0 Å². The SMILES string of the molecule is CC(C)(C)CCNS(=O)(=O)c1cc(CO)n(C2CC2)c1. The Morgan fingerprint density at radius 2 is 2.05 bits per heavy atom. The molecule has 0 spiro atoms. The van der Waals surface area contributed by atoms with E-state index in [1.165, 1.54) is 0 Å². The Kier molecular flexibility index (Phi) is 4.27. The van der Waals surface area contributed by atoms with Gasteiger partial charge in [-0.1, -0.05) is 20.8 Å². The van der Waals surface area contributed by atoms with Crippen molar-refractivity contribution in [2.24, 2.45) is 5.41 Å². The summed E-state index contributed by atoms with van der Waals surface area (Å²) >= 11 is 0. The van der Waals surface area contributed by atoms with Crippen LogP contribution in [0.15, 0.2) is 17.2 Å². The molecule has 0 radical (unpaired) electrons. The van der Waals surface area contributed by atoms with Crippen LogP contribution in [0.1, 0.15) is 51.8 Å². The van der Waals surface area contributed by atoms with Crippen molar-refractivity contribution in [2.45, 2.75) is 57.6 Å². The lowest BCUT2D eigenvalue weighted by Crippen LogP contribution is -2.27. The van der Waals surface area contributed by atoms with E-state index in [2.05, 4.69) is 25.5 Å². The first kappa shape index (κ1) is 15.5. The molecular formula is C14H24N2O3S. The topological polar surface area (TPSA) is 71.3 Å². The van der Waals surface area contributed by atoms with Gasteiger partial charge in [0.05, 0.1) is 11.5 Å². The zero-order valence-corrected chi connectivity index (χ0v) is 13.2. The molecule has 2 rings (SSSR count). The Balaban J connectivity index is 2.09. The fraction of sp³-hybridized carbons (Fsp3) is 0.714. The highest BCUT2D eigenvalue weighted by molar-refractivity contribution is 7.89. The predicted molar refractivity (Wildman–Crippen MR) is 77.9 cm³/mol. The zero-order chi connectivity index (χ0) is 15.0. The van der Waals surface area contributed by atoms with Crippen molar-refractivity contribution in [1.29, 1.82) is 0 Å². The molecule has 114 valence electrons. The van der Waals surface area contributed by atoms with Gasteiger partial charge in [-0.3, -0.25) is 0 Å². The number of hydrogen-bond donors (Lipinski definition) is 2. The molecule has 1 aromatic heterocycles. The number of aromatic nitrogens is 1. The summed E-state index contributed by atoms with van der Waals surface area (Å²) in [6.45, 7) is 6.53. The molecular weight excluding hydrogens is 276 g/mol. The standard InChI is InChI=1S/C14H24N2O3S/c1-14(2,3)6-7-15-20(18,19)13-8-12(10-17)16(9-13)11-4-5-11/h8-9,11,15,17H,4-7,10H2,1-3H3. The summed E-state index contributed by atoms with van der Waals surface area (Å²) in [6.07, 6.45) is 4.53. The largest absolute Gasteiger partial charge is 0.390 e. The fourth-order valence-corrected chi connectivity index (χ4v) is 3.19. The van der Waals surface area contributed by atoms with Crippen LogP contribution in [0.5, 0.6) is 0 Å². The van der Waals surface area contributed by atoms with Gasteiger partial charge in [0.2, 0.25) is 10.0 Å². The summed E-state index contributed by atoms with van der Waals surface area (Å²) in [5.41, 5.74) is 0.766. The summed E-state index contributed by atoms with van der Waals surface area (Å²) < 4.78 is 29.0. The van der Waals surface area contributed by atoms with Gasteiger partial charge in [-0.15, -0.1) is 0 Å². The van der Waals surface area contributed by atoms with Gasteiger partial charge in [0, 0.05) is 24.5 Å². The van der Waals surface area contributed by atoms with Gasteiger partial charge in [0.1, 0.15) is 0 Å². The summed E-state index contributed by atoms with van der Waals surface area (Å²) in [7, 11) is -3.48. The second-order valence-corrected chi connectivity index (χ2v) is 8.44. The molecule has 0 bridgehead atoms. The summed E-state index contributed by atoms with van der Waals surface area (Å²) in [5, 5.41) is 9.32. The first-order valence-corrected chi connectivity index (χ1v) is 8.52. The van der Waals surface area contributed by atoms with E-state index in [4.69, 9.17) is 0 Å². The third-order valence-electron chi connectivity index (χ3n) is 3.49. The van der Waals surface area contributed by atoms with Crippen LogP contribution < -0.4 is 4.72 Å². The van der Waals surface area contributed by atoms with Crippen LogP contribution in [0.2, 0.25) is 0 Å². The molecule has 0 atom stereocenters. The lowest BCUT2D eigenvalue weighted by atomic mass is 9.93. The van der Waals surface area contributed by atoms with Crippen molar-refractivity contribution in [1.82, 2.24) is 9.29 Å². The van der Waals surface area contributed by atoms with Gasteiger partial charge in [-0.05, 0) is 30.7 Å². The number of rotatable bonds is 6. The molecule has 1 aromatic rings. The lowest BCUT2D eigenvalue weighted by molar-refractivity contribution is 0.270. The van der Waals surface area contributed by atoms with E-state index in [1.807, 2.05) is 4.57 Å². The highest BCUT2D eigenvalue weighted by Gasteiger charge is 2.28. The minimum absolute atomic E-state index is 0.0960. The van der Waals surface area contributed by atoms with E-state index >= 15 is 0 Å². The predicted octanol–water partition coefficient (Wildman–Crippen LogP) is 2.03. The number of nitrogens with one attached hydrogen (secondary N) is 1. The quantitative estimate of drug-likeness (QED) is 0.844. The Hall–Kier alpha value is -0.850. The highest BCUT2D eigenvalue weighted by Crippen LogP contribution is 2.37. The van der Waals surface area contributed by atoms with E-state index in [9.17, 15) is 13.5 Å². The van der Waals surface area contributed by atoms with E-state index in [0.717, 1.165) is 19.3 Å². The van der Waals surface area contributed by atoms with Crippen molar-refractivity contribution < 1.29 is 13.5 Å². The summed E-state index contributed by atoms with van der Waals surface area (Å²) in [4.78, 5) is 0.252. The van der Waals surface area contributed by atoms with E-state index < -0.39 is 10.0 Å². The van der Waals surface area contributed by atoms with Gasteiger partial charge in [0.25, 0.3) is 0 Å². The number of nitrogens with zero attached hydrogens (tertiary/aromatic N) is 1. The Morgan fingerprint density at radius 1 is 1.40 bits per heavy atom. The monoisotopic (exact) mass is 300 g/mol. The molecule has 1 fully saturated rings. The van der Waals surface area contributed by atoms with E-state index in [1.54, 1.807) is 12.3 Å². The molecule has 5 nitrogen and oxygen atoms in total. The molecule has 0 amide bonds. The Morgan fingerprint density at radius 3 is 2.55 bits per heavy atom. The molecule has 0 aromatic carbocycles. The molecule has 6 heteroatoms. The molecule has 1 heterocycles. The van der Waals surface area contributed by atoms with Gasteiger partial charge in [-0.2, -0.15) is 0 Å². The number of aliphatic hydroxyl groups excluding tert-OH is 1. The van der Waals surface area contributed by atoms with Crippen molar-refractivity contribution in [3.05, 3.63) is 18.0 Å². The van der Waals surface area contributed by atoms with Crippen molar-refractivity contribution >= 4 is 10.0 Å². The molecule has 1 aliphatic rings. The van der Waals surface area contributed by atoms with Crippen molar-refractivity contribution in [2.75, 3.05) is 6.54 Å². The molecule has 2 N–H and O–H groups in total. The Labute approximate surface area is 121 Å². The maximum absolute atomic E-state index is 12.2. The van der Waals surface area contributed by atoms with Gasteiger partial charge < -0.3 is 9.67 Å². The minimum Gasteiger partial charge on any atom is -0.390 e. The van der Waals surface area contributed by atoms with Crippen molar-refractivity contribution in [3.8, 4) is 0 Å². The highest BCUT2D eigenvalue weighted by atomic mass is 32.2. The van der Waals surface area contributed by atoms with Crippen LogP contribution in [-0.2, 0) is 16.6 Å². The third-order valence-corrected chi connectivity index (χ3v) is 4.91. The number of sulfonamides is 1. The second-order valence-electron chi connectivity index (χ2n) is 6.67. The summed E-state index contributed by atoms with van der Waals surface area (Å²) in [5.74, 6) is 0.